The third-order valence-corrected chi connectivity index (χ3v) is 4.04. The fourth-order valence-corrected chi connectivity index (χ4v) is 2.53. The maximum atomic E-state index is 4.54. The van der Waals surface area contributed by atoms with E-state index in [2.05, 4.69) is 47.9 Å². The lowest BCUT2D eigenvalue weighted by Gasteiger charge is -2.37. The molecule has 2 unspecified atom stereocenters. The largest absolute Gasteiger partial charge is 0.338 e. The van der Waals surface area contributed by atoms with Gasteiger partial charge in [0.25, 0.3) is 0 Å². The summed E-state index contributed by atoms with van der Waals surface area (Å²) in [6.07, 6.45) is 6.45. The van der Waals surface area contributed by atoms with Gasteiger partial charge in [-0.25, -0.2) is 9.97 Å². The number of piperidine rings is 1. The number of hydrogen-bond donors (Lipinski definition) is 1. The van der Waals surface area contributed by atoms with Crippen molar-refractivity contribution in [3.05, 3.63) is 18.0 Å². The monoisotopic (exact) mass is 262 g/mol. The van der Waals surface area contributed by atoms with E-state index in [-0.39, 0.29) is 0 Å². The third kappa shape index (κ3) is 3.66. The van der Waals surface area contributed by atoms with Crippen LogP contribution in [0.15, 0.2) is 12.4 Å². The van der Waals surface area contributed by atoms with Gasteiger partial charge in [-0.2, -0.15) is 0 Å². The molecule has 4 nitrogen and oxygen atoms in total. The van der Waals surface area contributed by atoms with E-state index in [1.807, 2.05) is 12.4 Å². The summed E-state index contributed by atoms with van der Waals surface area (Å²) in [5.41, 5.74) is 1.15. The highest BCUT2D eigenvalue weighted by atomic mass is 15.3. The molecule has 1 saturated heterocycles. The van der Waals surface area contributed by atoms with E-state index < -0.39 is 0 Å². The summed E-state index contributed by atoms with van der Waals surface area (Å²) in [4.78, 5) is 11.4. The van der Waals surface area contributed by atoms with Crippen molar-refractivity contribution in [2.24, 2.45) is 5.92 Å². The zero-order valence-electron chi connectivity index (χ0n) is 12.6. The van der Waals surface area contributed by atoms with Crippen LogP contribution in [-0.4, -0.2) is 28.6 Å². The molecule has 2 atom stereocenters. The molecule has 1 aromatic rings. The second-order valence-corrected chi connectivity index (χ2v) is 5.98. The van der Waals surface area contributed by atoms with Gasteiger partial charge >= 0.3 is 0 Å². The van der Waals surface area contributed by atoms with Crippen LogP contribution in [0.5, 0.6) is 0 Å². The first-order valence-corrected chi connectivity index (χ1v) is 7.39. The van der Waals surface area contributed by atoms with E-state index in [4.69, 9.17) is 0 Å². The minimum atomic E-state index is 0.489. The Bertz CT molecular complexity index is 388. The van der Waals surface area contributed by atoms with Gasteiger partial charge in [0.1, 0.15) is 0 Å². The minimum Gasteiger partial charge on any atom is -0.338 e. The molecule has 2 rings (SSSR count). The van der Waals surface area contributed by atoms with Crippen LogP contribution >= 0.6 is 0 Å². The molecule has 0 spiro atoms. The van der Waals surface area contributed by atoms with E-state index in [1.54, 1.807) is 0 Å². The number of rotatable bonds is 4. The highest BCUT2D eigenvalue weighted by molar-refractivity contribution is 5.32. The second kappa shape index (κ2) is 6.33. The Morgan fingerprint density at radius 1 is 1.32 bits per heavy atom. The Labute approximate surface area is 116 Å². The predicted molar refractivity (Wildman–Crippen MR) is 79.2 cm³/mol. The zero-order chi connectivity index (χ0) is 13.8. The molecular weight excluding hydrogens is 236 g/mol. The van der Waals surface area contributed by atoms with Crippen molar-refractivity contribution in [3.63, 3.8) is 0 Å². The normalized spacial score (nSPS) is 23.9. The van der Waals surface area contributed by atoms with Crippen LogP contribution in [0.1, 0.15) is 46.1 Å². The second-order valence-electron chi connectivity index (χ2n) is 5.98. The van der Waals surface area contributed by atoms with Gasteiger partial charge in [0.2, 0.25) is 5.95 Å². The molecule has 4 heteroatoms. The standard InChI is InChI=1S/C15H26N4/c1-11(2)16-8-14-9-17-15(18-10-14)19-7-5-6-12(3)13(19)4/h9-13,16H,5-8H2,1-4H3. The van der Waals surface area contributed by atoms with Gasteiger partial charge in [0.05, 0.1) is 0 Å². The molecule has 0 aliphatic carbocycles. The smallest absolute Gasteiger partial charge is 0.225 e. The Hall–Kier alpha value is -1.16. The number of hydrogen-bond acceptors (Lipinski definition) is 4. The SMILES string of the molecule is CC(C)NCc1cnc(N2CCCC(C)C2C)nc1. The highest BCUT2D eigenvalue weighted by Gasteiger charge is 2.26. The van der Waals surface area contributed by atoms with E-state index in [1.165, 1.54) is 12.8 Å². The van der Waals surface area contributed by atoms with Gasteiger partial charge in [-0.3, -0.25) is 0 Å². The molecule has 1 N–H and O–H groups in total. The lowest BCUT2D eigenvalue weighted by atomic mass is 9.92. The molecule has 1 aromatic heterocycles. The number of aromatic nitrogens is 2. The lowest BCUT2D eigenvalue weighted by molar-refractivity contribution is 0.359. The van der Waals surface area contributed by atoms with Crippen LogP contribution in [0.4, 0.5) is 5.95 Å². The van der Waals surface area contributed by atoms with Crippen molar-refractivity contribution in [1.82, 2.24) is 15.3 Å². The first-order chi connectivity index (χ1) is 9.08. The van der Waals surface area contributed by atoms with Crippen LogP contribution in [0, 0.1) is 5.92 Å². The van der Waals surface area contributed by atoms with Gasteiger partial charge in [-0.1, -0.05) is 20.8 Å². The Balaban J connectivity index is 2.01. The maximum absolute atomic E-state index is 4.54. The van der Waals surface area contributed by atoms with E-state index in [0.717, 1.165) is 30.5 Å². The molecule has 0 aromatic carbocycles. The van der Waals surface area contributed by atoms with E-state index in [0.29, 0.717) is 12.1 Å². The number of nitrogens with zero attached hydrogens (tertiary/aromatic N) is 3. The van der Waals surface area contributed by atoms with E-state index in [9.17, 15) is 0 Å². The summed E-state index contributed by atoms with van der Waals surface area (Å²) >= 11 is 0. The molecule has 2 heterocycles. The summed E-state index contributed by atoms with van der Waals surface area (Å²) in [6.45, 7) is 10.8. The number of anilines is 1. The topological polar surface area (TPSA) is 41.1 Å². The molecule has 1 aliphatic rings. The summed E-state index contributed by atoms with van der Waals surface area (Å²) in [5, 5.41) is 3.38. The molecule has 0 radical (unpaired) electrons. The molecule has 1 fully saturated rings. The van der Waals surface area contributed by atoms with Gasteiger partial charge in [-0.15, -0.1) is 0 Å². The van der Waals surface area contributed by atoms with Gasteiger partial charge in [-0.05, 0) is 25.7 Å². The van der Waals surface area contributed by atoms with Crippen LogP contribution < -0.4 is 10.2 Å². The van der Waals surface area contributed by atoms with Crippen LogP contribution in [0.2, 0.25) is 0 Å². The minimum absolute atomic E-state index is 0.489. The van der Waals surface area contributed by atoms with Gasteiger partial charge in [0.15, 0.2) is 0 Å². The average Bonchev–Trinajstić information content (AvgIpc) is 2.40. The predicted octanol–water partition coefficient (Wildman–Crippen LogP) is 2.60. The maximum Gasteiger partial charge on any atom is 0.225 e. The summed E-state index contributed by atoms with van der Waals surface area (Å²) in [5.74, 6) is 1.60. The molecule has 19 heavy (non-hydrogen) atoms. The molecular formula is C15H26N4. The van der Waals surface area contributed by atoms with Crippen molar-refractivity contribution in [2.75, 3.05) is 11.4 Å². The first-order valence-electron chi connectivity index (χ1n) is 7.39. The van der Waals surface area contributed by atoms with Crippen molar-refractivity contribution < 1.29 is 0 Å². The van der Waals surface area contributed by atoms with Crippen molar-refractivity contribution in [2.45, 2.75) is 59.2 Å². The molecule has 106 valence electrons. The fraction of sp³-hybridized carbons (Fsp3) is 0.733. The molecule has 0 bridgehead atoms. The van der Waals surface area contributed by atoms with Crippen molar-refractivity contribution >= 4 is 5.95 Å². The summed E-state index contributed by atoms with van der Waals surface area (Å²) < 4.78 is 0. The lowest BCUT2D eigenvalue weighted by Crippen LogP contribution is -2.43. The molecule has 0 amide bonds. The Morgan fingerprint density at radius 3 is 2.63 bits per heavy atom. The van der Waals surface area contributed by atoms with Crippen LogP contribution in [0.3, 0.4) is 0 Å². The van der Waals surface area contributed by atoms with E-state index >= 15 is 0 Å². The van der Waals surface area contributed by atoms with Crippen LogP contribution in [0.25, 0.3) is 0 Å². The third-order valence-electron chi connectivity index (χ3n) is 4.04. The van der Waals surface area contributed by atoms with Crippen LogP contribution in [-0.2, 0) is 6.54 Å². The Morgan fingerprint density at radius 2 is 2.00 bits per heavy atom. The van der Waals surface area contributed by atoms with Gasteiger partial charge < -0.3 is 10.2 Å². The fourth-order valence-electron chi connectivity index (χ4n) is 2.53. The first kappa shape index (κ1) is 14.3. The summed E-state index contributed by atoms with van der Waals surface area (Å²) in [7, 11) is 0. The van der Waals surface area contributed by atoms with Crippen molar-refractivity contribution in [1.29, 1.82) is 0 Å². The zero-order valence-corrected chi connectivity index (χ0v) is 12.6. The van der Waals surface area contributed by atoms with Crippen molar-refractivity contribution in [3.8, 4) is 0 Å². The highest BCUT2D eigenvalue weighted by Crippen LogP contribution is 2.25. The Kier molecular flexibility index (Phi) is 4.75. The van der Waals surface area contributed by atoms with Gasteiger partial charge in [0, 0.05) is 43.1 Å². The molecule has 1 aliphatic heterocycles. The average molecular weight is 262 g/mol. The quantitative estimate of drug-likeness (QED) is 0.905. The molecule has 0 saturated carbocycles. The number of nitrogens with one attached hydrogen (secondary N) is 1. The summed E-state index contributed by atoms with van der Waals surface area (Å²) in [6, 6.07) is 1.02.